The van der Waals surface area contributed by atoms with E-state index in [2.05, 4.69) is 34.8 Å². The first-order valence-electron chi connectivity index (χ1n) is 12.2. The summed E-state index contributed by atoms with van der Waals surface area (Å²) in [6, 6.07) is 7.64. The molecule has 1 aromatic heterocycles. The molecular weight excluding hydrogens is 530 g/mol. The van der Waals surface area contributed by atoms with E-state index in [1.54, 1.807) is 24.3 Å². The molecule has 2 aliphatic heterocycles. The topological polar surface area (TPSA) is 123 Å². The van der Waals surface area contributed by atoms with Crippen molar-refractivity contribution in [3.05, 3.63) is 68.7 Å². The van der Waals surface area contributed by atoms with E-state index in [0.717, 1.165) is 25.9 Å². The van der Waals surface area contributed by atoms with Crippen LogP contribution in [0.5, 0.6) is 5.75 Å². The first kappa shape index (κ1) is 27.7. The van der Waals surface area contributed by atoms with Crippen LogP contribution >= 0.6 is 23.2 Å². The van der Waals surface area contributed by atoms with Gasteiger partial charge in [0.15, 0.2) is 0 Å². The second-order valence-corrected chi connectivity index (χ2v) is 10.2. The van der Waals surface area contributed by atoms with Crippen LogP contribution in [0.3, 0.4) is 0 Å². The number of anilines is 1. The number of dihydropyridines is 1. The molecule has 0 atom stereocenters. The molecule has 4 rings (SSSR count). The van der Waals surface area contributed by atoms with Crippen LogP contribution < -0.4 is 16.2 Å². The molecule has 3 heterocycles. The van der Waals surface area contributed by atoms with Gasteiger partial charge in [-0.25, -0.2) is 9.98 Å². The maximum Gasteiger partial charge on any atom is 0.232 e. The Morgan fingerprint density at radius 3 is 2.71 bits per heavy atom. The highest BCUT2D eigenvalue weighted by Gasteiger charge is 2.26. The zero-order valence-corrected chi connectivity index (χ0v) is 22.7. The molecule has 0 amide bonds. The molecule has 8 nitrogen and oxygen atoms in total. The van der Waals surface area contributed by atoms with E-state index in [0.29, 0.717) is 45.8 Å². The Bertz CT molecular complexity index is 1340. The van der Waals surface area contributed by atoms with E-state index in [4.69, 9.17) is 44.1 Å². The van der Waals surface area contributed by atoms with E-state index in [1.807, 2.05) is 0 Å². The number of ether oxygens (including phenoxy) is 2. The molecule has 0 aliphatic carbocycles. The Morgan fingerprint density at radius 1 is 1.29 bits per heavy atom. The molecule has 0 bridgehead atoms. The molecule has 0 saturated carbocycles. The van der Waals surface area contributed by atoms with Crippen LogP contribution in [0, 0.1) is 17.3 Å². The van der Waals surface area contributed by atoms with Gasteiger partial charge in [0.2, 0.25) is 11.8 Å². The second-order valence-electron chi connectivity index (χ2n) is 9.40. The van der Waals surface area contributed by atoms with E-state index in [-0.39, 0.29) is 34.9 Å². The fraction of sp³-hybridized carbons (Fsp3) is 0.370. The lowest BCUT2D eigenvalue weighted by molar-refractivity contribution is 0.0771. The summed E-state index contributed by atoms with van der Waals surface area (Å²) in [6.45, 7) is 6.42. The zero-order chi connectivity index (χ0) is 27.4. The Kier molecular flexibility index (Phi) is 8.77. The Labute approximate surface area is 231 Å². The fourth-order valence-electron chi connectivity index (χ4n) is 4.33. The van der Waals surface area contributed by atoms with Gasteiger partial charge in [0.1, 0.15) is 35.1 Å². The number of nitrogen functional groups attached to an aromatic ring is 1. The summed E-state index contributed by atoms with van der Waals surface area (Å²) in [5, 5.41) is 9.75. The van der Waals surface area contributed by atoms with Gasteiger partial charge in [-0.1, -0.05) is 23.2 Å². The molecule has 0 spiro atoms. The lowest BCUT2D eigenvalue weighted by Crippen LogP contribution is -2.41. The number of aliphatic imine (C=N–C) groups is 1. The molecule has 1 saturated heterocycles. The van der Waals surface area contributed by atoms with E-state index in [1.165, 1.54) is 6.20 Å². The molecule has 11 heteroatoms. The Morgan fingerprint density at radius 2 is 2.03 bits per heavy atom. The Balaban J connectivity index is 1.49. The predicted molar refractivity (Wildman–Crippen MR) is 147 cm³/mol. The van der Waals surface area contributed by atoms with Crippen LogP contribution in [0.1, 0.15) is 37.8 Å². The maximum absolute atomic E-state index is 13.7. The van der Waals surface area contributed by atoms with Crippen LogP contribution in [0.15, 0.2) is 46.6 Å². The standard InChI is InChI=1S/C27H29Cl2FN6O2/c1-15(2)36-7-5-18(6-8-36)38-27-16(11-31)9-17(12-35-27)25(33)20-10-19(3-4-23(20)32)37-14-21-22(28)13-34-26(30)24(21)29/h3-4,9-10,13,15,18H,5-8,12,14,32-33H2,1-2H3/b25-17-. The Hall–Kier alpha value is -3.32. The van der Waals surface area contributed by atoms with Crippen molar-refractivity contribution in [3.63, 3.8) is 0 Å². The SMILES string of the molecule is CC(C)N1CCC(OC2=NC/C(=C(\N)c3cc(OCc4c(Cl)cnc(F)c4Cl)ccc3N)C=C2C#N)CC1. The van der Waals surface area contributed by atoms with Gasteiger partial charge in [-0.15, -0.1) is 0 Å². The van der Waals surface area contributed by atoms with E-state index >= 15 is 0 Å². The van der Waals surface area contributed by atoms with E-state index < -0.39 is 5.95 Å². The molecule has 1 aromatic carbocycles. The van der Waals surface area contributed by atoms with Crippen molar-refractivity contribution in [3.8, 4) is 11.8 Å². The number of halogens is 3. The monoisotopic (exact) mass is 558 g/mol. The number of nitriles is 1. The van der Waals surface area contributed by atoms with Gasteiger partial charge in [-0.05, 0) is 56.5 Å². The van der Waals surface area contributed by atoms with Gasteiger partial charge >= 0.3 is 0 Å². The summed E-state index contributed by atoms with van der Waals surface area (Å²) in [5.74, 6) is -0.0675. The van der Waals surface area contributed by atoms with Gasteiger partial charge in [0, 0.05) is 47.8 Å². The third-order valence-corrected chi connectivity index (χ3v) is 7.33. The first-order valence-corrected chi connectivity index (χ1v) is 13.0. The largest absolute Gasteiger partial charge is 0.489 e. The number of rotatable bonds is 6. The lowest BCUT2D eigenvalue weighted by Gasteiger charge is -2.34. The number of hydrogen-bond acceptors (Lipinski definition) is 8. The minimum Gasteiger partial charge on any atom is -0.489 e. The number of nitrogens with two attached hydrogens (primary N) is 2. The molecular formula is C27H29Cl2FN6O2. The number of piperidine rings is 1. The van der Waals surface area contributed by atoms with Gasteiger partial charge in [0.05, 0.1) is 11.6 Å². The van der Waals surface area contributed by atoms with Crippen LogP contribution in [-0.4, -0.2) is 47.6 Å². The quantitative estimate of drug-likeness (QED) is 0.373. The molecule has 38 heavy (non-hydrogen) atoms. The minimum absolute atomic E-state index is 0.0173. The van der Waals surface area contributed by atoms with Crippen LogP contribution in [0.25, 0.3) is 5.70 Å². The number of pyridine rings is 1. The molecule has 1 fully saturated rings. The number of nitrogens with zero attached hydrogens (tertiary/aromatic N) is 4. The number of hydrogen-bond donors (Lipinski definition) is 2. The van der Waals surface area contributed by atoms with Gasteiger partial charge < -0.3 is 25.8 Å². The van der Waals surface area contributed by atoms with Crippen molar-refractivity contribution in [2.75, 3.05) is 25.4 Å². The summed E-state index contributed by atoms with van der Waals surface area (Å²) in [7, 11) is 0. The van der Waals surface area contributed by atoms with Crippen LogP contribution in [0.2, 0.25) is 10.0 Å². The summed E-state index contributed by atoms with van der Waals surface area (Å²) in [4.78, 5) is 10.4. The normalized spacial score (nSPS) is 18.0. The van der Waals surface area contributed by atoms with Crippen molar-refractivity contribution in [2.24, 2.45) is 10.7 Å². The van der Waals surface area contributed by atoms with Gasteiger partial charge in [-0.2, -0.15) is 9.65 Å². The molecule has 4 N–H and O–H groups in total. The zero-order valence-electron chi connectivity index (χ0n) is 21.2. The molecule has 0 unspecified atom stereocenters. The minimum atomic E-state index is -0.830. The maximum atomic E-state index is 13.7. The smallest absolute Gasteiger partial charge is 0.232 e. The highest BCUT2D eigenvalue weighted by atomic mass is 35.5. The third kappa shape index (κ3) is 6.21. The van der Waals surface area contributed by atoms with Crippen molar-refractivity contribution in [2.45, 2.75) is 45.4 Å². The van der Waals surface area contributed by atoms with Gasteiger partial charge in [-0.3, -0.25) is 0 Å². The highest BCUT2D eigenvalue weighted by Crippen LogP contribution is 2.31. The van der Waals surface area contributed by atoms with Crippen LogP contribution in [0.4, 0.5) is 10.1 Å². The number of benzene rings is 1. The summed E-state index contributed by atoms with van der Waals surface area (Å²) in [5.41, 5.74) is 15.2. The lowest BCUT2D eigenvalue weighted by atomic mass is 10.0. The van der Waals surface area contributed by atoms with Crippen molar-refractivity contribution >= 4 is 40.5 Å². The summed E-state index contributed by atoms with van der Waals surface area (Å²) < 4.78 is 25.6. The number of likely N-dealkylation sites (tertiary alicyclic amines) is 1. The van der Waals surface area contributed by atoms with E-state index in [9.17, 15) is 9.65 Å². The van der Waals surface area contributed by atoms with Gasteiger partial charge in [0.25, 0.3) is 0 Å². The van der Waals surface area contributed by atoms with Crippen molar-refractivity contribution in [1.29, 1.82) is 5.26 Å². The van der Waals surface area contributed by atoms with Crippen molar-refractivity contribution in [1.82, 2.24) is 9.88 Å². The average molecular weight is 559 g/mol. The molecule has 2 aromatic rings. The molecule has 200 valence electrons. The third-order valence-electron chi connectivity index (χ3n) is 6.62. The highest BCUT2D eigenvalue weighted by molar-refractivity contribution is 6.35. The van der Waals surface area contributed by atoms with Crippen LogP contribution in [-0.2, 0) is 11.3 Å². The molecule has 0 radical (unpaired) electrons. The summed E-state index contributed by atoms with van der Waals surface area (Å²) >= 11 is 12.1. The summed E-state index contributed by atoms with van der Waals surface area (Å²) in [6.07, 6.45) is 4.64. The second kappa shape index (κ2) is 12.0. The first-order chi connectivity index (χ1) is 18.2. The molecule has 2 aliphatic rings. The predicted octanol–water partition coefficient (Wildman–Crippen LogP) is 5.11. The van der Waals surface area contributed by atoms with Crippen molar-refractivity contribution < 1.29 is 13.9 Å². The fourth-order valence-corrected chi connectivity index (χ4v) is 4.78. The average Bonchev–Trinajstić information content (AvgIpc) is 2.91. The number of aromatic nitrogens is 1.